The van der Waals surface area contributed by atoms with E-state index in [4.69, 9.17) is 4.74 Å². The topological polar surface area (TPSA) is 32.7 Å². The van der Waals surface area contributed by atoms with Gasteiger partial charge in [-0.1, -0.05) is 12.8 Å². The molecular formula is C12H21NO2. The van der Waals surface area contributed by atoms with Crippen molar-refractivity contribution in [3.8, 4) is 0 Å². The maximum absolute atomic E-state index is 10.6. The van der Waals surface area contributed by atoms with Crippen LogP contribution in [0.15, 0.2) is 0 Å². The van der Waals surface area contributed by atoms with Gasteiger partial charge in [0.25, 0.3) is 0 Å². The van der Waals surface area contributed by atoms with Crippen LogP contribution in [0.3, 0.4) is 0 Å². The Morgan fingerprint density at radius 1 is 1.27 bits per heavy atom. The van der Waals surface area contributed by atoms with Crippen LogP contribution in [0.1, 0.15) is 32.1 Å². The third-order valence-corrected chi connectivity index (χ3v) is 4.37. The largest absolute Gasteiger partial charge is 0.390 e. The molecule has 0 aromatic carbocycles. The van der Waals surface area contributed by atoms with E-state index < -0.39 is 0 Å². The van der Waals surface area contributed by atoms with Crippen molar-refractivity contribution in [3.05, 3.63) is 0 Å². The molecule has 3 fully saturated rings. The maximum atomic E-state index is 10.6. The first-order valence-corrected chi connectivity index (χ1v) is 6.18. The molecule has 15 heavy (non-hydrogen) atoms. The summed E-state index contributed by atoms with van der Waals surface area (Å²) >= 11 is 0. The lowest BCUT2D eigenvalue weighted by Crippen LogP contribution is -2.60. The van der Waals surface area contributed by atoms with Crippen molar-refractivity contribution in [3.63, 3.8) is 0 Å². The Hall–Kier alpha value is -0.120. The molecule has 2 unspecified atom stereocenters. The van der Waals surface area contributed by atoms with Gasteiger partial charge in [0, 0.05) is 12.1 Å². The third kappa shape index (κ3) is 1.93. The Bertz CT molecular complexity index is 238. The van der Waals surface area contributed by atoms with E-state index in [9.17, 15) is 5.11 Å². The third-order valence-electron chi connectivity index (χ3n) is 4.37. The second kappa shape index (κ2) is 3.44. The Kier molecular flexibility index (Phi) is 2.31. The van der Waals surface area contributed by atoms with Crippen molar-refractivity contribution < 1.29 is 9.84 Å². The van der Waals surface area contributed by atoms with Crippen LogP contribution in [-0.4, -0.2) is 48.0 Å². The van der Waals surface area contributed by atoms with Crippen molar-refractivity contribution in [2.75, 3.05) is 20.3 Å². The lowest BCUT2D eigenvalue weighted by Gasteiger charge is -2.50. The van der Waals surface area contributed by atoms with Crippen molar-refractivity contribution >= 4 is 0 Å². The van der Waals surface area contributed by atoms with E-state index in [0.29, 0.717) is 12.1 Å². The van der Waals surface area contributed by atoms with Gasteiger partial charge in [0.1, 0.15) is 0 Å². The van der Waals surface area contributed by atoms with E-state index in [-0.39, 0.29) is 5.60 Å². The molecule has 3 rings (SSSR count). The van der Waals surface area contributed by atoms with Gasteiger partial charge >= 0.3 is 0 Å². The molecule has 1 saturated carbocycles. The second-order valence-electron chi connectivity index (χ2n) is 5.79. The van der Waals surface area contributed by atoms with E-state index in [2.05, 4.69) is 11.9 Å². The number of nitrogens with zero attached hydrogens (tertiary/aromatic N) is 1. The first kappa shape index (κ1) is 10.1. The number of aliphatic hydroxyl groups is 1. The van der Waals surface area contributed by atoms with E-state index >= 15 is 0 Å². The van der Waals surface area contributed by atoms with Gasteiger partial charge in [-0.3, -0.25) is 4.90 Å². The number of ether oxygens (including phenoxy) is 1. The molecule has 2 atom stereocenters. The fraction of sp³-hybridized carbons (Fsp3) is 1.00. The van der Waals surface area contributed by atoms with Gasteiger partial charge in [0.2, 0.25) is 0 Å². The van der Waals surface area contributed by atoms with Crippen LogP contribution in [0.4, 0.5) is 0 Å². The van der Waals surface area contributed by atoms with Crippen LogP contribution >= 0.6 is 0 Å². The maximum Gasteiger partial charge on any atom is 0.0682 e. The van der Waals surface area contributed by atoms with Crippen LogP contribution in [-0.2, 0) is 4.74 Å². The fourth-order valence-corrected chi connectivity index (χ4v) is 3.27. The fourth-order valence-electron chi connectivity index (χ4n) is 3.27. The van der Waals surface area contributed by atoms with Crippen LogP contribution in [0.2, 0.25) is 0 Å². The van der Waals surface area contributed by atoms with Gasteiger partial charge in [-0.25, -0.2) is 0 Å². The van der Waals surface area contributed by atoms with E-state index in [1.807, 2.05) is 0 Å². The van der Waals surface area contributed by atoms with Gasteiger partial charge in [-0.2, -0.15) is 0 Å². The van der Waals surface area contributed by atoms with Gasteiger partial charge in [-0.15, -0.1) is 0 Å². The summed E-state index contributed by atoms with van der Waals surface area (Å²) < 4.78 is 5.57. The number of hydrogen-bond acceptors (Lipinski definition) is 3. The average Bonchev–Trinajstić information content (AvgIpc) is 2.92. The van der Waals surface area contributed by atoms with Crippen molar-refractivity contribution in [1.82, 2.24) is 4.90 Å². The minimum Gasteiger partial charge on any atom is -0.390 e. The summed E-state index contributed by atoms with van der Waals surface area (Å²) in [5, 5.41) is 10.6. The van der Waals surface area contributed by atoms with Crippen LogP contribution in [0.5, 0.6) is 0 Å². The van der Waals surface area contributed by atoms with Crippen LogP contribution < -0.4 is 0 Å². The molecule has 2 heterocycles. The molecule has 0 radical (unpaired) electrons. The standard InChI is InChI=1S/C12H21NO2/c1-13-10-5-12(14,4-9-2-3-9)6-11(13)8-15-7-10/h9-11,14H,2-8H2,1H3. The number of likely N-dealkylation sites (N-methyl/N-ethyl adjacent to an activating group) is 1. The summed E-state index contributed by atoms with van der Waals surface area (Å²) in [5.74, 6) is 0.819. The number of rotatable bonds is 2. The molecule has 0 spiro atoms. The van der Waals surface area contributed by atoms with Gasteiger partial charge in [0.05, 0.1) is 18.8 Å². The second-order valence-corrected chi connectivity index (χ2v) is 5.79. The average molecular weight is 211 g/mol. The summed E-state index contributed by atoms with van der Waals surface area (Å²) in [6.07, 6.45) is 5.54. The minimum atomic E-state index is -0.382. The molecule has 3 heteroatoms. The molecule has 0 amide bonds. The Morgan fingerprint density at radius 3 is 2.40 bits per heavy atom. The van der Waals surface area contributed by atoms with Gasteiger partial charge in [-0.05, 0) is 32.2 Å². The smallest absolute Gasteiger partial charge is 0.0682 e. The highest BCUT2D eigenvalue weighted by molar-refractivity contribution is 5.00. The molecule has 0 aromatic heterocycles. The Balaban J connectivity index is 1.71. The highest BCUT2D eigenvalue weighted by atomic mass is 16.5. The molecule has 1 aliphatic carbocycles. The molecule has 3 aliphatic rings. The minimum absolute atomic E-state index is 0.382. The van der Waals surface area contributed by atoms with E-state index in [0.717, 1.165) is 38.4 Å². The predicted molar refractivity (Wildman–Crippen MR) is 57.7 cm³/mol. The van der Waals surface area contributed by atoms with Crippen molar-refractivity contribution in [2.24, 2.45) is 5.92 Å². The SMILES string of the molecule is CN1C2COCC1CC(O)(CC1CC1)C2. The van der Waals surface area contributed by atoms with E-state index in [1.165, 1.54) is 12.8 Å². The lowest BCUT2D eigenvalue weighted by atomic mass is 9.78. The Morgan fingerprint density at radius 2 is 1.87 bits per heavy atom. The van der Waals surface area contributed by atoms with Crippen LogP contribution in [0.25, 0.3) is 0 Å². The highest BCUT2D eigenvalue weighted by Gasteiger charge is 2.46. The molecule has 1 N–H and O–H groups in total. The Labute approximate surface area is 91.4 Å². The predicted octanol–water partition coefficient (Wildman–Crippen LogP) is 1.01. The summed E-state index contributed by atoms with van der Waals surface area (Å²) in [4.78, 5) is 2.41. The van der Waals surface area contributed by atoms with Gasteiger partial charge < -0.3 is 9.84 Å². The highest BCUT2D eigenvalue weighted by Crippen LogP contribution is 2.43. The zero-order chi connectivity index (χ0) is 10.5. The first-order valence-electron chi connectivity index (χ1n) is 6.18. The normalized spacial score (nSPS) is 46.8. The quantitative estimate of drug-likeness (QED) is 0.740. The number of hydrogen-bond donors (Lipinski definition) is 1. The monoisotopic (exact) mass is 211 g/mol. The van der Waals surface area contributed by atoms with Gasteiger partial charge in [0.15, 0.2) is 0 Å². The molecule has 0 aromatic rings. The van der Waals surface area contributed by atoms with Crippen LogP contribution in [0, 0.1) is 5.92 Å². The zero-order valence-electron chi connectivity index (χ0n) is 9.48. The molecule has 2 saturated heterocycles. The molecule has 86 valence electrons. The lowest BCUT2D eigenvalue weighted by molar-refractivity contribution is -0.138. The molecule has 2 bridgehead atoms. The summed E-state index contributed by atoms with van der Waals surface area (Å²) in [7, 11) is 2.18. The van der Waals surface area contributed by atoms with Crippen molar-refractivity contribution in [2.45, 2.75) is 49.8 Å². The molecule has 2 aliphatic heterocycles. The van der Waals surface area contributed by atoms with E-state index in [1.54, 1.807) is 0 Å². The number of piperidine rings is 1. The first-order chi connectivity index (χ1) is 7.16. The zero-order valence-corrected chi connectivity index (χ0v) is 9.48. The number of morpholine rings is 1. The summed E-state index contributed by atoms with van der Waals surface area (Å²) in [6.45, 7) is 1.61. The summed E-state index contributed by atoms with van der Waals surface area (Å²) in [6, 6.07) is 0.891. The number of fused-ring (bicyclic) bond motifs is 2. The van der Waals surface area contributed by atoms with Crippen molar-refractivity contribution in [1.29, 1.82) is 0 Å². The molecule has 3 nitrogen and oxygen atoms in total. The molecular weight excluding hydrogens is 190 g/mol. The summed E-state index contributed by atoms with van der Waals surface area (Å²) in [5.41, 5.74) is -0.382.